The number of allylic oxidation sites excluding steroid dienone is 4. The molecule has 40 heavy (non-hydrogen) atoms. The first kappa shape index (κ1) is 29.3. The van der Waals surface area contributed by atoms with Crippen LogP contribution in [0.4, 0.5) is 0 Å². The lowest BCUT2D eigenvalue weighted by atomic mass is 9.47. The Kier molecular flexibility index (Phi) is 7.75. The first-order valence-electron chi connectivity index (χ1n) is 15.2. The molecule has 8 heteroatoms. The van der Waals surface area contributed by atoms with Gasteiger partial charge in [0.05, 0.1) is 17.6 Å². The Morgan fingerprint density at radius 1 is 1.12 bits per heavy atom. The van der Waals surface area contributed by atoms with Gasteiger partial charge in [-0.1, -0.05) is 30.7 Å². The van der Waals surface area contributed by atoms with Crippen LogP contribution in [0.2, 0.25) is 0 Å². The van der Waals surface area contributed by atoms with Gasteiger partial charge in [0.2, 0.25) is 0 Å². The molecule has 0 aromatic carbocycles. The van der Waals surface area contributed by atoms with Crippen molar-refractivity contribution in [2.24, 2.45) is 39.7 Å². The Balaban J connectivity index is 1.19. The van der Waals surface area contributed by atoms with Crippen LogP contribution in [0.3, 0.4) is 0 Å². The third-order valence-electron chi connectivity index (χ3n) is 11.5. The minimum atomic E-state index is -0.937. The number of hydrogen-bond donors (Lipinski definition) is 3. The molecule has 1 saturated heterocycles. The van der Waals surface area contributed by atoms with E-state index in [2.05, 4.69) is 36.5 Å². The van der Waals surface area contributed by atoms with Crippen LogP contribution in [0.15, 0.2) is 29.0 Å². The van der Waals surface area contributed by atoms with E-state index in [1.165, 1.54) is 5.57 Å². The van der Waals surface area contributed by atoms with Crippen LogP contribution in [-0.4, -0.2) is 58.3 Å². The summed E-state index contributed by atoms with van der Waals surface area (Å²) in [6.45, 7) is 11.0. The zero-order valence-corrected chi connectivity index (χ0v) is 24.9. The third-order valence-corrected chi connectivity index (χ3v) is 11.5. The fourth-order valence-corrected chi connectivity index (χ4v) is 9.07. The minimum Gasteiger partial charge on any atom is -0.481 e. The van der Waals surface area contributed by atoms with Crippen molar-refractivity contribution in [3.63, 3.8) is 0 Å². The zero-order valence-electron chi connectivity index (χ0n) is 24.9. The summed E-state index contributed by atoms with van der Waals surface area (Å²) in [5, 5.41) is 27.7. The number of nitrogens with one attached hydrogen (secondary N) is 1. The van der Waals surface area contributed by atoms with E-state index >= 15 is 0 Å². The molecule has 5 rings (SSSR count). The van der Waals surface area contributed by atoms with Crippen molar-refractivity contribution in [1.29, 1.82) is 0 Å². The van der Waals surface area contributed by atoms with E-state index in [9.17, 15) is 19.8 Å². The highest BCUT2D eigenvalue weighted by Gasteiger charge is 2.62. The van der Waals surface area contributed by atoms with Crippen molar-refractivity contribution in [2.45, 2.75) is 110 Å². The third kappa shape index (κ3) is 5.38. The molecule has 1 amide bonds. The van der Waals surface area contributed by atoms with Crippen molar-refractivity contribution >= 4 is 17.6 Å². The van der Waals surface area contributed by atoms with Gasteiger partial charge in [-0.3, -0.25) is 9.59 Å². The average molecular weight is 557 g/mol. The van der Waals surface area contributed by atoms with Crippen molar-refractivity contribution < 1.29 is 29.4 Å². The quantitative estimate of drug-likeness (QED) is 0.380. The number of carboxylic acids is 1. The van der Waals surface area contributed by atoms with Crippen LogP contribution in [0.25, 0.3) is 0 Å². The molecule has 0 bridgehead atoms. The predicted molar refractivity (Wildman–Crippen MR) is 153 cm³/mol. The molecule has 0 aromatic rings. The Morgan fingerprint density at radius 2 is 1.88 bits per heavy atom. The van der Waals surface area contributed by atoms with Gasteiger partial charge in [-0.2, -0.15) is 0 Å². The Morgan fingerprint density at radius 3 is 2.60 bits per heavy atom. The minimum absolute atomic E-state index is 0.00952. The van der Waals surface area contributed by atoms with Crippen LogP contribution in [0.1, 0.15) is 92.4 Å². The number of rotatable bonds is 7. The monoisotopic (exact) mass is 556 g/mol. The second-order valence-electron chi connectivity index (χ2n) is 14.4. The molecule has 1 aliphatic heterocycles. The largest absolute Gasteiger partial charge is 0.481 e. The summed E-state index contributed by atoms with van der Waals surface area (Å²) in [6.07, 6.45) is 14.0. The summed E-state index contributed by atoms with van der Waals surface area (Å²) in [5.74, 6) is 0.483. The molecule has 0 aromatic heterocycles. The number of carboxylic acid groups (broad SMARTS) is 1. The van der Waals surface area contributed by atoms with Gasteiger partial charge in [0.15, 0.2) is 6.61 Å². The van der Waals surface area contributed by atoms with Crippen molar-refractivity contribution in [3.8, 4) is 0 Å². The van der Waals surface area contributed by atoms with Crippen molar-refractivity contribution in [3.05, 3.63) is 23.8 Å². The second-order valence-corrected chi connectivity index (χ2v) is 14.4. The number of aliphatic hydroxyl groups is 1. The topological polar surface area (TPSA) is 117 Å². The Hall–Kier alpha value is -2.19. The first-order valence-corrected chi connectivity index (χ1v) is 15.2. The molecule has 5 unspecified atom stereocenters. The van der Waals surface area contributed by atoms with E-state index in [0.29, 0.717) is 42.9 Å². The average Bonchev–Trinajstić information content (AvgIpc) is 3.11. The standard InChI is InChI=1S/C32H48N2O6/c1-29(2)18-20(11-15-39-29)26(17-28(36)37)33-27(35)19-40-34-22-8-12-30(3)21(16-22)6-7-23-24(30)9-13-31(4)25(23)10-14-32(31,5)38/h8,12,16,20,23-26,38H,6-7,9-11,13-15,17-19H2,1-5H3,(H,33,35)(H,36,37)/b34-22+/t20?,23?,24?,25?,26?,30-,31-,32-/m0/s1. The Labute approximate surface area is 238 Å². The number of aliphatic carboxylic acids is 1. The summed E-state index contributed by atoms with van der Waals surface area (Å²) in [5.41, 5.74) is 1.17. The molecule has 3 N–H and O–H groups in total. The van der Waals surface area contributed by atoms with E-state index in [-0.39, 0.29) is 41.3 Å². The number of ether oxygens (including phenoxy) is 1. The van der Waals surface area contributed by atoms with Gasteiger partial charge >= 0.3 is 5.97 Å². The highest BCUT2D eigenvalue weighted by molar-refractivity contribution is 6.05. The lowest BCUT2D eigenvalue weighted by Gasteiger charge is -2.58. The molecule has 4 fully saturated rings. The van der Waals surface area contributed by atoms with Crippen molar-refractivity contribution in [2.75, 3.05) is 13.2 Å². The maximum absolute atomic E-state index is 12.7. The number of amides is 1. The zero-order chi connectivity index (χ0) is 28.9. The smallest absolute Gasteiger partial charge is 0.305 e. The van der Waals surface area contributed by atoms with Crippen LogP contribution in [0.5, 0.6) is 0 Å². The van der Waals surface area contributed by atoms with Gasteiger partial charge < -0.3 is 25.1 Å². The van der Waals surface area contributed by atoms with Crippen LogP contribution in [0, 0.1) is 34.5 Å². The van der Waals surface area contributed by atoms with Gasteiger partial charge in [-0.25, -0.2) is 0 Å². The molecule has 1 heterocycles. The summed E-state index contributed by atoms with van der Waals surface area (Å²) in [4.78, 5) is 29.6. The normalized spacial score (nSPS) is 41.8. The lowest BCUT2D eigenvalue weighted by molar-refractivity contribution is -0.139. The van der Waals surface area contributed by atoms with Gasteiger partial charge in [-0.05, 0) is 113 Å². The SMILES string of the molecule is CC1(C)CC(C(CC(=O)O)NC(=O)CO/N=C2\C=C[C@@]3(C)C(=C2)CCC2C3CC[C@@]3(C)C2CC[C@]3(C)O)CCO1. The number of carbonyl (C=O) groups excluding carboxylic acids is 1. The maximum atomic E-state index is 12.7. The van der Waals surface area contributed by atoms with Crippen LogP contribution in [-0.2, 0) is 19.2 Å². The van der Waals surface area contributed by atoms with Gasteiger partial charge in [0, 0.05) is 18.1 Å². The fraction of sp³-hybridized carbons (Fsp3) is 0.781. The molecule has 222 valence electrons. The van der Waals surface area contributed by atoms with Crippen LogP contribution >= 0.6 is 0 Å². The van der Waals surface area contributed by atoms with E-state index in [4.69, 9.17) is 9.57 Å². The van der Waals surface area contributed by atoms with Crippen LogP contribution < -0.4 is 5.32 Å². The molecule has 8 nitrogen and oxygen atoms in total. The molecule has 3 saturated carbocycles. The summed E-state index contributed by atoms with van der Waals surface area (Å²) >= 11 is 0. The number of oxime groups is 1. The molecule has 5 aliphatic rings. The van der Waals surface area contributed by atoms with E-state index in [0.717, 1.165) is 38.5 Å². The molecule has 0 spiro atoms. The van der Waals surface area contributed by atoms with Crippen molar-refractivity contribution in [1.82, 2.24) is 5.32 Å². The predicted octanol–water partition coefficient (Wildman–Crippen LogP) is 5.01. The number of hydrogen-bond acceptors (Lipinski definition) is 6. The highest BCUT2D eigenvalue weighted by Crippen LogP contribution is 2.66. The van der Waals surface area contributed by atoms with E-state index < -0.39 is 17.6 Å². The number of fused-ring (bicyclic) bond motifs is 5. The van der Waals surface area contributed by atoms with Gasteiger partial charge in [0.25, 0.3) is 5.91 Å². The summed E-state index contributed by atoms with van der Waals surface area (Å²) < 4.78 is 5.77. The molecule has 0 radical (unpaired) electrons. The molecule has 8 atom stereocenters. The van der Waals surface area contributed by atoms with E-state index in [1.807, 2.05) is 26.8 Å². The maximum Gasteiger partial charge on any atom is 0.305 e. The summed E-state index contributed by atoms with van der Waals surface area (Å²) in [6, 6.07) is -0.474. The summed E-state index contributed by atoms with van der Waals surface area (Å²) in [7, 11) is 0. The second kappa shape index (κ2) is 10.6. The highest BCUT2D eigenvalue weighted by atomic mass is 16.6. The first-order chi connectivity index (χ1) is 18.7. The Bertz CT molecular complexity index is 1110. The molecule has 4 aliphatic carbocycles. The van der Waals surface area contributed by atoms with E-state index in [1.54, 1.807) is 0 Å². The van der Waals surface area contributed by atoms with Gasteiger partial charge in [-0.15, -0.1) is 0 Å². The number of nitrogens with zero attached hydrogens (tertiary/aromatic N) is 1. The molecular formula is C32H48N2O6. The lowest BCUT2D eigenvalue weighted by Crippen LogP contribution is -2.53. The number of carbonyl (C=O) groups is 2. The fourth-order valence-electron chi connectivity index (χ4n) is 9.07. The molecular weight excluding hydrogens is 508 g/mol. The van der Waals surface area contributed by atoms with Gasteiger partial charge in [0.1, 0.15) is 5.71 Å².